The van der Waals surface area contributed by atoms with Gasteiger partial charge in [-0.1, -0.05) is 43.6 Å². The number of fused-ring (bicyclic) bond motifs is 1. The molecule has 0 saturated heterocycles. The van der Waals surface area contributed by atoms with Crippen molar-refractivity contribution in [2.24, 2.45) is 11.3 Å². The number of rotatable bonds is 0. The quantitative estimate of drug-likeness (QED) is 0.486. The third-order valence-electron chi connectivity index (χ3n) is 4.68. The normalized spacial score (nSPS) is 41.6. The van der Waals surface area contributed by atoms with Gasteiger partial charge in [0, 0.05) is 0 Å². The van der Waals surface area contributed by atoms with E-state index in [1.807, 2.05) is 0 Å². The highest BCUT2D eigenvalue weighted by Crippen LogP contribution is 2.46. The summed E-state index contributed by atoms with van der Waals surface area (Å²) in [6, 6.07) is 0. The average molecular weight is 218 g/mol. The van der Waals surface area contributed by atoms with Gasteiger partial charge in [0.05, 0.1) is 0 Å². The topological polar surface area (TPSA) is 0 Å². The lowest BCUT2D eigenvalue weighted by Crippen LogP contribution is -2.30. The van der Waals surface area contributed by atoms with Crippen LogP contribution in [0.25, 0.3) is 0 Å². The van der Waals surface area contributed by atoms with Crippen LogP contribution in [-0.2, 0) is 0 Å². The van der Waals surface area contributed by atoms with Gasteiger partial charge in [0.25, 0.3) is 0 Å². The summed E-state index contributed by atoms with van der Waals surface area (Å²) in [5.74, 6) is 0.931. The predicted octanol–water partition coefficient (Wildman–Crippen LogP) is 5.26. The molecule has 2 atom stereocenters. The summed E-state index contributed by atoms with van der Waals surface area (Å²) in [6.45, 7) is 4.86. The molecule has 2 unspecified atom stereocenters. The first-order valence-electron chi connectivity index (χ1n) is 7.01. The molecule has 0 aromatic carbocycles. The van der Waals surface area contributed by atoms with E-state index in [2.05, 4.69) is 32.1 Å². The van der Waals surface area contributed by atoms with Gasteiger partial charge in [0.15, 0.2) is 0 Å². The van der Waals surface area contributed by atoms with Crippen LogP contribution in [0, 0.1) is 11.3 Å². The van der Waals surface area contributed by atoms with Gasteiger partial charge < -0.3 is 0 Å². The summed E-state index contributed by atoms with van der Waals surface area (Å²) in [4.78, 5) is 0. The van der Waals surface area contributed by atoms with Crippen molar-refractivity contribution in [2.45, 2.75) is 65.2 Å². The van der Waals surface area contributed by atoms with Crippen molar-refractivity contribution in [1.29, 1.82) is 0 Å². The zero-order valence-corrected chi connectivity index (χ0v) is 11.0. The molecular weight excluding hydrogens is 192 g/mol. The van der Waals surface area contributed by atoms with E-state index >= 15 is 0 Å². The molecule has 0 heteroatoms. The predicted molar refractivity (Wildman–Crippen MR) is 71.4 cm³/mol. The van der Waals surface area contributed by atoms with Crippen LogP contribution in [-0.4, -0.2) is 0 Å². The number of hydrogen-bond acceptors (Lipinski definition) is 0. The van der Waals surface area contributed by atoms with E-state index in [0.717, 1.165) is 5.92 Å². The molecule has 0 heterocycles. The molecule has 0 spiro atoms. The van der Waals surface area contributed by atoms with E-state index in [9.17, 15) is 0 Å². The fraction of sp³-hybridized carbons (Fsp3) is 0.750. The highest BCUT2D eigenvalue weighted by atomic mass is 14.4. The highest BCUT2D eigenvalue weighted by molar-refractivity contribution is 5.06. The molecule has 0 bridgehead atoms. The van der Waals surface area contributed by atoms with Gasteiger partial charge in [-0.2, -0.15) is 0 Å². The molecule has 2 aliphatic carbocycles. The lowest BCUT2D eigenvalue weighted by Gasteiger charge is -2.42. The van der Waals surface area contributed by atoms with Gasteiger partial charge in [-0.15, -0.1) is 0 Å². The van der Waals surface area contributed by atoms with Crippen molar-refractivity contribution >= 4 is 0 Å². The van der Waals surface area contributed by atoms with Crippen LogP contribution in [0.15, 0.2) is 23.8 Å². The largest absolute Gasteiger partial charge is 0.0882 e. The van der Waals surface area contributed by atoms with Crippen LogP contribution in [0.1, 0.15) is 65.2 Å². The Morgan fingerprint density at radius 3 is 2.94 bits per heavy atom. The van der Waals surface area contributed by atoms with Crippen LogP contribution in [0.4, 0.5) is 0 Å². The molecule has 90 valence electrons. The zero-order valence-electron chi connectivity index (χ0n) is 11.0. The van der Waals surface area contributed by atoms with Gasteiger partial charge in [-0.05, 0) is 56.8 Å². The Kier molecular flexibility index (Phi) is 3.89. The third-order valence-corrected chi connectivity index (χ3v) is 4.68. The van der Waals surface area contributed by atoms with E-state index in [-0.39, 0.29) is 0 Å². The highest BCUT2D eigenvalue weighted by Gasteiger charge is 2.35. The molecule has 0 amide bonds. The van der Waals surface area contributed by atoms with Crippen LogP contribution < -0.4 is 0 Å². The van der Waals surface area contributed by atoms with Crippen LogP contribution in [0.5, 0.6) is 0 Å². The lowest BCUT2D eigenvalue weighted by molar-refractivity contribution is 0.118. The Bertz CT molecular complexity index is 284. The summed E-state index contributed by atoms with van der Waals surface area (Å²) >= 11 is 0. The van der Waals surface area contributed by atoms with Gasteiger partial charge >= 0.3 is 0 Å². The summed E-state index contributed by atoms with van der Waals surface area (Å²) in [7, 11) is 0. The van der Waals surface area contributed by atoms with E-state index in [1.54, 1.807) is 5.57 Å². The second-order valence-electron chi connectivity index (χ2n) is 6.10. The summed E-state index contributed by atoms with van der Waals surface area (Å²) < 4.78 is 0. The van der Waals surface area contributed by atoms with E-state index in [4.69, 9.17) is 0 Å². The lowest BCUT2D eigenvalue weighted by atomic mass is 9.63. The second kappa shape index (κ2) is 5.21. The minimum Gasteiger partial charge on any atom is -0.0882 e. The zero-order chi connectivity index (χ0) is 11.4. The van der Waals surface area contributed by atoms with Gasteiger partial charge in [-0.25, -0.2) is 0 Å². The van der Waals surface area contributed by atoms with Gasteiger partial charge in [-0.3, -0.25) is 0 Å². The Balaban J connectivity index is 2.16. The Morgan fingerprint density at radius 1 is 1.19 bits per heavy atom. The fourth-order valence-electron chi connectivity index (χ4n) is 3.46. The van der Waals surface area contributed by atoms with Crippen molar-refractivity contribution in [2.75, 3.05) is 0 Å². The molecule has 2 aliphatic rings. The molecular formula is C16H26. The van der Waals surface area contributed by atoms with Crippen LogP contribution >= 0.6 is 0 Å². The molecule has 1 fully saturated rings. The molecule has 0 aromatic rings. The van der Waals surface area contributed by atoms with E-state index < -0.39 is 0 Å². The Labute approximate surface area is 101 Å². The number of allylic oxidation sites excluding steroid dienone is 4. The van der Waals surface area contributed by atoms with Gasteiger partial charge in [0.2, 0.25) is 0 Å². The van der Waals surface area contributed by atoms with Crippen LogP contribution in [0.3, 0.4) is 0 Å². The second-order valence-corrected chi connectivity index (χ2v) is 6.10. The smallest absolute Gasteiger partial charge is 0.0260 e. The third kappa shape index (κ3) is 2.78. The maximum absolute atomic E-state index is 2.52. The van der Waals surface area contributed by atoms with Crippen molar-refractivity contribution in [3.63, 3.8) is 0 Å². The standard InChI is InChI=1S/C16H26/c1-14-9-5-3-4-7-11-16(2)12-8-6-10-15(16)13-14/h4,7,9,15H,3,5-6,8,10-13H2,1-2H3/b7-4-,14-9-. The Hall–Kier alpha value is -0.520. The van der Waals surface area contributed by atoms with Crippen molar-refractivity contribution in [3.8, 4) is 0 Å². The van der Waals surface area contributed by atoms with E-state index in [1.165, 1.54) is 51.4 Å². The molecule has 1 saturated carbocycles. The first kappa shape index (κ1) is 12.0. The van der Waals surface area contributed by atoms with Crippen molar-refractivity contribution < 1.29 is 0 Å². The molecule has 0 aromatic heterocycles. The minimum atomic E-state index is 0.585. The first-order chi connectivity index (χ1) is 7.71. The van der Waals surface area contributed by atoms with Crippen molar-refractivity contribution in [1.82, 2.24) is 0 Å². The molecule has 16 heavy (non-hydrogen) atoms. The molecule has 2 rings (SSSR count). The summed E-state index contributed by atoms with van der Waals surface area (Å²) in [5.41, 5.74) is 2.22. The SMILES string of the molecule is C/C1=C/CC/C=C\CC2(C)CCCCC2C1. The minimum absolute atomic E-state index is 0.585. The first-order valence-corrected chi connectivity index (χ1v) is 7.01. The molecule has 0 nitrogen and oxygen atoms in total. The summed E-state index contributed by atoms with van der Waals surface area (Å²) in [5, 5.41) is 0. The average Bonchev–Trinajstić information content (AvgIpc) is 2.26. The Morgan fingerprint density at radius 2 is 2.06 bits per heavy atom. The number of hydrogen-bond donors (Lipinski definition) is 0. The monoisotopic (exact) mass is 218 g/mol. The fourth-order valence-corrected chi connectivity index (χ4v) is 3.46. The van der Waals surface area contributed by atoms with Crippen molar-refractivity contribution in [3.05, 3.63) is 23.8 Å². The molecule has 0 N–H and O–H groups in total. The van der Waals surface area contributed by atoms with Crippen LogP contribution in [0.2, 0.25) is 0 Å². The molecule has 0 radical (unpaired) electrons. The summed E-state index contributed by atoms with van der Waals surface area (Å²) in [6.07, 6.45) is 18.2. The maximum atomic E-state index is 2.52. The molecule has 0 aliphatic heterocycles. The van der Waals surface area contributed by atoms with E-state index in [0.29, 0.717) is 5.41 Å². The maximum Gasteiger partial charge on any atom is -0.0260 e. The van der Waals surface area contributed by atoms with Gasteiger partial charge in [0.1, 0.15) is 0 Å².